The number of carbonyl (C=O) groups is 3. The minimum Gasteiger partial charge on any atom is -0.465 e. The van der Waals surface area contributed by atoms with Gasteiger partial charge in [0.25, 0.3) is 5.19 Å². The fourth-order valence-electron chi connectivity index (χ4n) is 7.19. The Labute approximate surface area is 318 Å². The Morgan fingerprint density at radius 3 is 2.67 bits per heavy atom. The van der Waals surface area contributed by atoms with Crippen LogP contribution in [-0.2, 0) is 30.8 Å². The number of carbonyl (C=O) groups excluding carboxylic acids is 3. The molecular weight excluding hydrogens is 769 g/mol. The zero-order valence-electron chi connectivity index (χ0n) is 30.0. The number of rotatable bonds is 17. The minimum absolute atomic E-state index is 0.0560. The fourth-order valence-corrected chi connectivity index (χ4v) is 9.95. The number of sulfonamides is 1. The van der Waals surface area contributed by atoms with Crippen LogP contribution in [0, 0.1) is 24.1 Å². The zero-order valence-corrected chi connectivity index (χ0v) is 33.2. The third-order valence-electron chi connectivity index (χ3n) is 10.8. The fraction of sp³-hybridized carbons (Fsp3) is 0.538. The summed E-state index contributed by atoms with van der Waals surface area (Å²) in [5, 5.41) is 0.426. The Morgan fingerprint density at radius 1 is 1.15 bits per heavy atom. The van der Waals surface area contributed by atoms with Crippen LogP contribution in [0.3, 0.4) is 0 Å². The lowest BCUT2D eigenvalue weighted by Crippen LogP contribution is -2.46. The molecule has 2 aliphatic carbocycles. The lowest BCUT2D eigenvalue weighted by Gasteiger charge is -2.25. The number of hydrogen-bond donors (Lipinski definition) is 1. The summed E-state index contributed by atoms with van der Waals surface area (Å²) < 4.78 is 49.9. The standard InChI is InChI=1S/C39H47BrFN3O6S2/c1-4-5-6-7-8-9-10-27-22-39(27,36(47)43-52(48,49)38(3)15-16-38)23-33(45)32-21-30(50-37-42-31-13-12-28(40)20-34(31)51-37)24-44(32)35(46)14-11-26-17-25(2)18-29(41)19-26/h9-10,12-13,17-20,27,30,32H,4-8,11,14-16,21-24H2,1-3H3,(H,43,47)/b10-9-/t27-,30-,32+,39-/m1/s1. The number of aromatic nitrogens is 1. The summed E-state index contributed by atoms with van der Waals surface area (Å²) in [5.41, 5.74) is 0.990. The predicted molar refractivity (Wildman–Crippen MR) is 204 cm³/mol. The summed E-state index contributed by atoms with van der Waals surface area (Å²) in [7, 11) is -3.92. The lowest BCUT2D eigenvalue weighted by atomic mass is 9.91. The van der Waals surface area contributed by atoms with Gasteiger partial charge in [-0.15, -0.1) is 0 Å². The first kappa shape index (κ1) is 38.6. The van der Waals surface area contributed by atoms with Crippen molar-refractivity contribution >= 4 is 65.1 Å². The molecular formula is C39H47BrFN3O6S2. The van der Waals surface area contributed by atoms with Gasteiger partial charge in [-0.2, -0.15) is 0 Å². The lowest BCUT2D eigenvalue weighted by molar-refractivity contribution is -0.139. The Morgan fingerprint density at radius 2 is 1.94 bits per heavy atom. The van der Waals surface area contributed by atoms with Gasteiger partial charge < -0.3 is 9.64 Å². The maximum absolute atomic E-state index is 14.4. The van der Waals surface area contributed by atoms with Crippen LogP contribution in [0.5, 0.6) is 5.19 Å². The Hall–Kier alpha value is -3.16. The normalized spacial score (nSPS) is 23.6. The van der Waals surface area contributed by atoms with E-state index in [9.17, 15) is 27.2 Å². The number of aryl methyl sites for hydroxylation is 2. The van der Waals surface area contributed by atoms with E-state index in [1.807, 2.05) is 36.4 Å². The van der Waals surface area contributed by atoms with Crippen LogP contribution in [0.25, 0.3) is 10.2 Å². The van der Waals surface area contributed by atoms with Gasteiger partial charge in [-0.05, 0) is 99.7 Å². The van der Waals surface area contributed by atoms with Crippen LogP contribution in [0.2, 0.25) is 0 Å². The molecule has 0 bridgehead atoms. The van der Waals surface area contributed by atoms with Gasteiger partial charge in [-0.3, -0.25) is 19.1 Å². The molecule has 1 aromatic heterocycles. The highest BCUT2D eigenvalue weighted by Gasteiger charge is 2.62. The van der Waals surface area contributed by atoms with Crippen LogP contribution >= 0.6 is 27.3 Å². The van der Waals surface area contributed by atoms with E-state index >= 15 is 0 Å². The molecule has 0 unspecified atom stereocenters. The number of unbranched alkanes of at least 4 members (excludes halogenated alkanes) is 4. The first-order valence-corrected chi connectivity index (χ1v) is 21.4. The average molecular weight is 817 g/mol. The minimum atomic E-state index is -3.92. The van der Waals surface area contributed by atoms with Crippen molar-refractivity contribution in [3.63, 3.8) is 0 Å². The van der Waals surface area contributed by atoms with E-state index in [-0.39, 0.29) is 49.2 Å². The van der Waals surface area contributed by atoms with Crippen LogP contribution in [0.4, 0.5) is 4.39 Å². The van der Waals surface area contributed by atoms with Crippen LogP contribution in [0.1, 0.15) is 95.6 Å². The van der Waals surface area contributed by atoms with Crippen molar-refractivity contribution in [1.29, 1.82) is 0 Å². The van der Waals surface area contributed by atoms with E-state index in [0.717, 1.165) is 52.4 Å². The molecule has 3 aliphatic rings. The second-order valence-electron chi connectivity index (χ2n) is 15.0. The Balaban J connectivity index is 1.21. The Bertz CT molecular complexity index is 1960. The molecule has 2 amide bonds. The number of nitrogens with zero attached hydrogens (tertiary/aromatic N) is 2. The molecule has 2 saturated carbocycles. The molecule has 3 aromatic rings. The summed E-state index contributed by atoms with van der Waals surface area (Å²) in [4.78, 5) is 48.2. The third kappa shape index (κ3) is 8.79. The van der Waals surface area contributed by atoms with E-state index in [0.29, 0.717) is 36.4 Å². The van der Waals surface area contributed by atoms with Gasteiger partial charge in [0, 0.05) is 23.7 Å². The van der Waals surface area contributed by atoms with Crippen molar-refractivity contribution in [2.45, 2.75) is 115 Å². The highest BCUT2D eigenvalue weighted by atomic mass is 79.9. The second kappa shape index (κ2) is 15.7. The van der Waals surface area contributed by atoms with Crippen molar-refractivity contribution in [2.75, 3.05) is 6.54 Å². The molecule has 280 valence electrons. The summed E-state index contributed by atoms with van der Waals surface area (Å²) in [6.45, 7) is 5.71. The zero-order chi connectivity index (χ0) is 37.3. The van der Waals surface area contributed by atoms with Gasteiger partial charge in [0.15, 0.2) is 5.78 Å². The first-order valence-electron chi connectivity index (χ1n) is 18.3. The topological polar surface area (TPSA) is 123 Å². The van der Waals surface area contributed by atoms with E-state index < -0.39 is 38.2 Å². The number of allylic oxidation sites excluding steroid dienone is 2. The molecule has 9 nitrogen and oxygen atoms in total. The monoisotopic (exact) mass is 815 g/mol. The number of Topliss-reactive ketones (excluding diaryl/α,β-unsaturated/α-hetero) is 1. The summed E-state index contributed by atoms with van der Waals surface area (Å²) >= 11 is 4.86. The van der Waals surface area contributed by atoms with Gasteiger partial charge >= 0.3 is 0 Å². The van der Waals surface area contributed by atoms with Crippen molar-refractivity contribution in [3.8, 4) is 5.19 Å². The maximum Gasteiger partial charge on any atom is 0.274 e. The summed E-state index contributed by atoms with van der Waals surface area (Å²) in [6.07, 6.45) is 10.4. The molecule has 0 radical (unpaired) electrons. The maximum atomic E-state index is 14.4. The number of halogens is 2. The van der Waals surface area contributed by atoms with E-state index in [2.05, 4.69) is 32.6 Å². The van der Waals surface area contributed by atoms with Crippen molar-refractivity contribution in [1.82, 2.24) is 14.6 Å². The number of amides is 2. The van der Waals surface area contributed by atoms with Crippen LogP contribution < -0.4 is 9.46 Å². The van der Waals surface area contributed by atoms with Gasteiger partial charge in [0.2, 0.25) is 21.8 Å². The predicted octanol–water partition coefficient (Wildman–Crippen LogP) is 7.98. The molecule has 1 saturated heterocycles. The highest BCUT2D eigenvalue weighted by molar-refractivity contribution is 9.10. The molecule has 0 spiro atoms. The third-order valence-corrected chi connectivity index (χ3v) is 14.3. The second-order valence-corrected chi connectivity index (χ2v) is 19.1. The first-order chi connectivity index (χ1) is 24.7. The van der Waals surface area contributed by atoms with Gasteiger partial charge in [-0.1, -0.05) is 71.7 Å². The molecule has 1 N–H and O–H groups in total. The molecule has 6 rings (SSSR count). The number of benzene rings is 2. The van der Waals surface area contributed by atoms with E-state index in [4.69, 9.17) is 4.74 Å². The summed E-state index contributed by atoms with van der Waals surface area (Å²) in [5.74, 6) is -1.90. The molecule has 2 heterocycles. The molecule has 4 atom stereocenters. The van der Waals surface area contributed by atoms with Crippen molar-refractivity contribution < 1.29 is 31.9 Å². The van der Waals surface area contributed by atoms with E-state index in [1.165, 1.54) is 28.4 Å². The van der Waals surface area contributed by atoms with Crippen LogP contribution in [0.15, 0.2) is 53.0 Å². The smallest absolute Gasteiger partial charge is 0.274 e. The number of thiazole rings is 1. The SMILES string of the molecule is CCCCCC/C=C\[C@@H]1C[C@]1(CC(=O)[C@@H]1C[C@@H](Oc2nc3ccc(Br)cc3s2)CN1C(=O)CCc1cc(C)cc(F)c1)C(=O)NS(=O)(=O)C1(C)CC1. The number of nitrogens with one attached hydrogen (secondary N) is 1. The highest BCUT2D eigenvalue weighted by Crippen LogP contribution is 2.57. The molecule has 13 heteroatoms. The van der Waals surface area contributed by atoms with Crippen LogP contribution in [-0.4, -0.2) is 59.3 Å². The number of hydrogen-bond acceptors (Lipinski definition) is 8. The number of ether oxygens (including phenoxy) is 1. The average Bonchev–Trinajstić information content (AvgIpc) is 3.89. The molecule has 52 heavy (non-hydrogen) atoms. The van der Waals surface area contributed by atoms with Gasteiger partial charge in [0.05, 0.1) is 33.0 Å². The number of likely N-dealkylation sites (tertiary alicyclic amines) is 1. The summed E-state index contributed by atoms with van der Waals surface area (Å²) in [6, 6.07) is 9.52. The Kier molecular flexibility index (Phi) is 11.6. The van der Waals surface area contributed by atoms with Crippen molar-refractivity contribution in [3.05, 3.63) is 70.0 Å². The molecule has 1 aliphatic heterocycles. The largest absolute Gasteiger partial charge is 0.465 e. The van der Waals surface area contributed by atoms with E-state index in [1.54, 1.807) is 13.8 Å². The van der Waals surface area contributed by atoms with Gasteiger partial charge in [-0.25, -0.2) is 17.8 Å². The quantitative estimate of drug-likeness (QED) is 0.108. The molecule has 3 fully saturated rings. The van der Waals surface area contributed by atoms with Gasteiger partial charge in [0.1, 0.15) is 11.9 Å². The number of fused-ring (bicyclic) bond motifs is 1. The molecule has 2 aromatic carbocycles. The van der Waals surface area contributed by atoms with Crippen molar-refractivity contribution in [2.24, 2.45) is 11.3 Å². The number of ketones is 1.